The fourth-order valence-corrected chi connectivity index (χ4v) is 1.27. The molecule has 0 aliphatic heterocycles. The van der Waals surface area contributed by atoms with Gasteiger partial charge in [-0.05, 0) is 25.3 Å². The van der Waals surface area contributed by atoms with Crippen molar-refractivity contribution in [1.82, 2.24) is 10.6 Å². The van der Waals surface area contributed by atoms with Crippen LogP contribution in [0.5, 0.6) is 0 Å². The molecular weight excluding hydrogens is 204 g/mol. The molecule has 0 heterocycles. The van der Waals surface area contributed by atoms with E-state index in [9.17, 15) is 4.79 Å². The van der Waals surface area contributed by atoms with Crippen LogP contribution in [0.1, 0.15) is 27.7 Å². The van der Waals surface area contributed by atoms with Crippen LogP contribution in [-0.4, -0.2) is 38.8 Å². The second kappa shape index (κ2) is 8.53. The van der Waals surface area contributed by atoms with Crippen LogP contribution >= 0.6 is 0 Å². The van der Waals surface area contributed by atoms with E-state index in [0.717, 1.165) is 6.54 Å². The van der Waals surface area contributed by atoms with Crippen molar-refractivity contribution in [3.8, 4) is 0 Å². The third kappa shape index (κ3) is 7.65. The van der Waals surface area contributed by atoms with Crippen LogP contribution in [0.3, 0.4) is 0 Å². The van der Waals surface area contributed by atoms with E-state index in [1.165, 1.54) is 0 Å². The van der Waals surface area contributed by atoms with E-state index in [1.54, 1.807) is 7.11 Å². The Balaban J connectivity index is 3.58. The molecule has 2 atom stereocenters. The molecule has 0 spiro atoms. The Morgan fingerprint density at radius 3 is 2.38 bits per heavy atom. The molecule has 0 saturated carbocycles. The Morgan fingerprint density at radius 2 is 1.88 bits per heavy atom. The predicted octanol–water partition coefficient (Wildman–Crippen LogP) is 1.02. The molecule has 2 unspecified atom stereocenters. The molecule has 96 valence electrons. The summed E-state index contributed by atoms with van der Waals surface area (Å²) in [5.41, 5.74) is 0. The van der Waals surface area contributed by atoms with Crippen LogP contribution in [0.25, 0.3) is 0 Å². The summed E-state index contributed by atoms with van der Waals surface area (Å²) in [4.78, 5) is 11.5. The summed E-state index contributed by atoms with van der Waals surface area (Å²) in [6.45, 7) is 10.3. The number of carbonyl (C=O) groups excluding carboxylic acids is 1. The van der Waals surface area contributed by atoms with Gasteiger partial charge in [0, 0.05) is 13.2 Å². The van der Waals surface area contributed by atoms with Gasteiger partial charge >= 0.3 is 0 Å². The van der Waals surface area contributed by atoms with Crippen molar-refractivity contribution in [1.29, 1.82) is 0 Å². The molecule has 0 radical (unpaired) electrons. The van der Waals surface area contributed by atoms with E-state index in [-0.39, 0.29) is 11.9 Å². The molecule has 0 saturated heterocycles. The summed E-state index contributed by atoms with van der Waals surface area (Å²) in [5, 5.41) is 6.02. The predicted molar refractivity (Wildman–Crippen MR) is 66.4 cm³/mol. The minimum Gasteiger partial charge on any atom is -0.383 e. The van der Waals surface area contributed by atoms with E-state index in [1.807, 2.05) is 6.92 Å². The van der Waals surface area contributed by atoms with E-state index < -0.39 is 0 Å². The number of rotatable bonds is 8. The average molecular weight is 230 g/mol. The van der Waals surface area contributed by atoms with Gasteiger partial charge in [0.2, 0.25) is 5.91 Å². The van der Waals surface area contributed by atoms with Gasteiger partial charge in [-0.15, -0.1) is 0 Å². The summed E-state index contributed by atoms with van der Waals surface area (Å²) < 4.78 is 4.94. The van der Waals surface area contributed by atoms with Crippen LogP contribution in [0.15, 0.2) is 0 Å². The highest BCUT2D eigenvalue weighted by Gasteiger charge is 2.09. The topological polar surface area (TPSA) is 50.4 Å². The van der Waals surface area contributed by atoms with Crippen molar-refractivity contribution in [2.24, 2.45) is 11.8 Å². The number of carbonyl (C=O) groups is 1. The first kappa shape index (κ1) is 15.4. The standard InChI is InChI=1S/C12H26N2O2/c1-9(2)10(3)6-13-7-12(15)14-11(4)8-16-5/h9-11,13H,6-8H2,1-5H3,(H,14,15). The van der Waals surface area contributed by atoms with Crippen molar-refractivity contribution in [2.75, 3.05) is 26.8 Å². The molecule has 0 rings (SSSR count). The normalized spacial score (nSPS) is 14.9. The first-order valence-electron chi connectivity index (χ1n) is 5.96. The van der Waals surface area contributed by atoms with Crippen LogP contribution < -0.4 is 10.6 Å². The van der Waals surface area contributed by atoms with Gasteiger partial charge in [-0.25, -0.2) is 0 Å². The summed E-state index contributed by atoms with van der Waals surface area (Å²) in [6.07, 6.45) is 0. The fourth-order valence-electron chi connectivity index (χ4n) is 1.27. The summed E-state index contributed by atoms with van der Waals surface area (Å²) in [5.74, 6) is 1.26. The summed E-state index contributed by atoms with van der Waals surface area (Å²) in [6, 6.07) is 0.0711. The molecule has 0 aromatic rings. The molecule has 0 bridgehead atoms. The monoisotopic (exact) mass is 230 g/mol. The molecule has 16 heavy (non-hydrogen) atoms. The number of ether oxygens (including phenoxy) is 1. The summed E-state index contributed by atoms with van der Waals surface area (Å²) >= 11 is 0. The zero-order valence-electron chi connectivity index (χ0n) is 11.2. The van der Waals surface area contributed by atoms with Gasteiger partial charge in [0.15, 0.2) is 0 Å². The number of hydrogen-bond acceptors (Lipinski definition) is 3. The molecule has 2 N–H and O–H groups in total. The quantitative estimate of drug-likeness (QED) is 0.654. The molecule has 0 aromatic heterocycles. The lowest BCUT2D eigenvalue weighted by Gasteiger charge is -2.17. The number of methoxy groups -OCH3 is 1. The Hall–Kier alpha value is -0.610. The zero-order chi connectivity index (χ0) is 12.6. The van der Waals surface area contributed by atoms with Crippen LogP contribution in [0.2, 0.25) is 0 Å². The molecule has 0 aromatic carbocycles. The lowest BCUT2D eigenvalue weighted by Crippen LogP contribution is -2.42. The van der Waals surface area contributed by atoms with Crippen molar-refractivity contribution in [2.45, 2.75) is 33.7 Å². The lowest BCUT2D eigenvalue weighted by atomic mass is 9.98. The third-order valence-electron chi connectivity index (χ3n) is 2.71. The van der Waals surface area contributed by atoms with Gasteiger partial charge in [0.25, 0.3) is 0 Å². The lowest BCUT2D eigenvalue weighted by molar-refractivity contribution is -0.121. The van der Waals surface area contributed by atoms with Crippen molar-refractivity contribution in [3.05, 3.63) is 0 Å². The minimum atomic E-state index is 0.0282. The van der Waals surface area contributed by atoms with Crippen molar-refractivity contribution in [3.63, 3.8) is 0 Å². The third-order valence-corrected chi connectivity index (χ3v) is 2.71. The number of hydrogen-bond donors (Lipinski definition) is 2. The van der Waals surface area contributed by atoms with E-state index in [2.05, 4.69) is 31.4 Å². The SMILES string of the molecule is COCC(C)NC(=O)CNCC(C)C(C)C. The van der Waals surface area contributed by atoms with Gasteiger partial charge in [0.1, 0.15) is 0 Å². The highest BCUT2D eigenvalue weighted by Crippen LogP contribution is 2.06. The largest absolute Gasteiger partial charge is 0.383 e. The maximum atomic E-state index is 11.5. The number of nitrogens with one attached hydrogen (secondary N) is 2. The fraction of sp³-hybridized carbons (Fsp3) is 0.917. The van der Waals surface area contributed by atoms with E-state index in [0.29, 0.717) is 25.0 Å². The van der Waals surface area contributed by atoms with Crippen LogP contribution in [0, 0.1) is 11.8 Å². The Kier molecular flexibility index (Phi) is 8.21. The molecule has 0 aliphatic rings. The second-order valence-electron chi connectivity index (χ2n) is 4.78. The average Bonchev–Trinajstić information content (AvgIpc) is 2.17. The first-order valence-corrected chi connectivity index (χ1v) is 5.96. The molecule has 4 nitrogen and oxygen atoms in total. The Bertz CT molecular complexity index is 195. The van der Waals surface area contributed by atoms with Gasteiger partial charge in [-0.3, -0.25) is 4.79 Å². The second-order valence-corrected chi connectivity index (χ2v) is 4.78. The molecular formula is C12H26N2O2. The zero-order valence-corrected chi connectivity index (χ0v) is 11.2. The van der Waals surface area contributed by atoms with Gasteiger partial charge < -0.3 is 15.4 Å². The molecule has 0 aliphatic carbocycles. The van der Waals surface area contributed by atoms with Crippen LogP contribution in [0.4, 0.5) is 0 Å². The Labute approximate surface area is 99.1 Å². The highest BCUT2D eigenvalue weighted by atomic mass is 16.5. The van der Waals surface area contributed by atoms with Gasteiger partial charge in [-0.1, -0.05) is 20.8 Å². The maximum Gasteiger partial charge on any atom is 0.234 e. The maximum absolute atomic E-state index is 11.5. The number of amides is 1. The molecule has 1 amide bonds. The molecule has 4 heteroatoms. The van der Waals surface area contributed by atoms with Gasteiger partial charge in [0.05, 0.1) is 13.2 Å². The summed E-state index contributed by atoms with van der Waals surface area (Å²) in [7, 11) is 1.63. The van der Waals surface area contributed by atoms with E-state index in [4.69, 9.17) is 4.74 Å². The minimum absolute atomic E-state index is 0.0282. The molecule has 0 fully saturated rings. The van der Waals surface area contributed by atoms with E-state index >= 15 is 0 Å². The highest BCUT2D eigenvalue weighted by molar-refractivity contribution is 5.78. The van der Waals surface area contributed by atoms with Crippen molar-refractivity contribution >= 4 is 5.91 Å². The Morgan fingerprint density at radius 1 is 1.25 bits per heavy atom. The smallest absolute Gasteiger partial charge is 0.234 e. The van der Waals surface area contributed by atoms with Crippen molar-refractivity contribution < 1.29 is 9.53 Å². The first-order chi connectivity index (χ1) is 7.47. The van der Waals surface area contributed by atoms with Crippen LogP contribution in [-0.2, 0) is 9.53 Å². The van der Waals surface area contributed by atoms with Gasteiger partial charge in [-0.2, -0.15) is 0 Å².